The largest absolute Gasteiger partial charge is 0.497 e. The van der Waals surface area contributed by atoms with E-state index >= 15 is 0 Å². The van der Waals surface area contributed by atoms with Gasteiger partial charge in [-0.2, -0.15) is 0 Å². The first-order valence-corrected chi connectivity index (χ1v) is 7.15. The molecular formula is C16H16O3S. The van der Waals surface area contributed by atoms with E-state index in [1.807, 2.05) is 42.5 Å². The first-order valence-electron chi connectivity index (χ1n) is 6.17. The molecule has 2 rings (SSSR count). The average molecular weight is 288 g/mol. The van der Waals surface area contributed by atoms with Crippen LogP contribution >= 0.6 is 11.8 Å². The third-order valence-corrected chi connectivity index (χ3v) is 3.86. The molecule has 0 aliphatic heterocycles. The highest BCUT2D eigenvalue weighted by molar-refractivity contribution is 7.98. The number of rotatable bonds is 5. The maximum Gasteiger partial charge on any atom is 0.337 e. The van der Waals surface area contributed by atoms with E-state index in [1.165, 1.54) is 7.11 Å². The predicted octanol–water partition coefficient (Wildman–Crippen LogP) is 3.77. The lowest BCUT2D eigenvalue weighted by molar-refractivity contribution is 0.0600. The molecule has 0 spiro atoms. The highest BCUT2D eigenvalue weighted by atomic mass is 32.2. The SMILES string of the molecule is COC(=O)c1cccc(CSc2cccc(OC)c2)c1. The second kappa shape index (κ2) is 7.01. The smallest absolute Gasteiger partial charge is 0.337 e. The molecule has 0 unspecified atom stereocenters. The number of ether oxygens (including phenoxy) is 2. The van der Waals surface area contributed by atoms with Crippen LogP contribution in [0, 0.1) is 0 Å². The third-order valence-electron chi connectivity index (χ3n) is 2.79. The Bertz CT molecular complexity index is 596. The van der Waals surface area contributed by atoms with Gasteiger partial charge in [0.05, 0.1) is 19.8 Å². The number of benzene rings is 2. The van der Waals surface area contributed by atoms with Gasteiger partial charge < -0.3 is 9.47 Å². The Labute approximate surface area is 122 Å². The zero-order valence-electron chi connectivity index (χ0n) is 11.5. The van der Waals surface area contributed by atoms with Crippen molar-refractivity contribution in [3.8, 4) is 5.75 Å². The van der Waals surface area contributed by atoms with Crippen molar-refractivity contribution >= 4 is 17.7 Å². The standard InChI is InChI=1S/C16H16O3S/c1-18-14-7-4-8-15(10-14)20-11-12-5-3-6-13(9-12)16(17)19-2/h3-10H,11H2,1-2H3. The van der Waals surface area contributed by atoms with Crippen LogP contribution in [0.1, 0.15) is 15.9 Å². The topological polar surface area (TPSA) is 35.5 Å². The number of thioether (sulfide) groups is 1. The average Bonchev–Trinajstić information content (AvgIpc) is 2.52. The van der Waals surface area contributed by atoms with Gasteiger partial charge in [0.2, 0.25) is 0 Å². The summed E-state index contributed by atoms with van der Waals surface area (Å²) in [6, 6.07) is 15.4. The first kappa shape index (κ1) is 14.5. The van der Waals surface area contributed by atoms with Crippen molar-refractivity contribution in [2.75, 3.05) is 14.2 Å². The van der Waals surface area contributed by atoms with E-state index in [0.717, 1.165) is 22.0 Å². The van der Waals surface area contributed by atoms with Crippen molar-refractivity contribution < 1.29 is 14.3 Å². The summed E-state index contributed by atoms with van der Waals surface area (Å²) in [6.45, 7) is 0. The van der Waals surface area contributed by atoms with Crippen molar-refractivity contribution in [1.29, 1.82) is 0 Å². The summed E-state index contributed by atoms with van der Waals surface area (Å²) in [5.74, 6) is 1.33. The van der Waals surface area contributed by atoms with E-state index in [4.69, 9.17) is 9.47 Å². The molecule has 3 nitrogen and oxygen atoms in total. The van der Waals surface area contributed by atoms with Gasteiger partial charge in [-0.25, -0.2) is 4.79 Å². The van der Waals surface area contributed by atoms with Crippen LogP contribution in [-0.4, -0.2) is 20.2 Å². The quantitative estimate of drug-likeness (QED) is 0.619. The summed E-state index contributed by atoms with van der Waals surface area (Å²) in [6.07, 6.45) is 0. The molecular weight excluding hydrogens is 272 g/mol. The molecule has 0 atom stereocenters. The minimum atomic E-state index is -0.307. The number of carbonyl (C=O) groups excluding carboxylic acids is 1. The van der Waals surface area contributed by atoms with Crippen molar-refractivity contribution in [2.45, 2.75) is 10.6 Å². The van der Waals surface area contributed by atoms with Crippen molar-refractivity contribution in [2.24, 2.45) is 0 Å². The van der Waals surface area contributed by atoms with Gasteiger partial charge in [-0.3, -0.25) is 0 Å². The first-order chi connectivity index (χ1) is 9.72. The number of hydrogen-bond acceptors (Lipinski definition) is 4. The van der Waals surface area contributed by atoms with E-state index < -0.39 is 0 Å². The van der Waals surface area contributed by atoms with E-state index in [1.54, 1.807) is 24.9 Å². The summed E-state index contributed by atoms with van der Waals surface area (Å²) in [5, 5.41) is 0. The molecule has 2 aromatic carbocycles. The zero-order chi connectivity index (χ0) is 14.4. The maximum atomic E-state index is 11.5. The number of hydrogen-bond donors (Lipinski definition) is 0. The van der Waals surface area contributed by atoms with Crippen LogP contribution < -0.4 is 4.74 Å². The zero-order valence-corrected chi connectivity index (χ0v) is 12.3. The molecule has 0 heterocycles. The summed E-state index contributed by atoms with van der Waals surface area (Å²) >= 11 is 1.70. The second-order valence-electron chi connectivity index (χ2n) is 4.16. The minimum Gasteiger partial charge on any atom is -0.497 e. The van der Waals surface area contributed by atoms with Crippen LogP contribution in [0.25, 0.3) is 0 Å². The summed E-state index contributed by atoms with van der Waals surface area (Å²) < 4.78 is 9.92. The van der Waals surface area contributed by atoms with E-state index in [0.29, 0.717) is 5.56 Å². The second-order valence-corrected chi connectivity index (χ2v) is 5.21. The Kier molecular flexibility index (Phi) is 5.07. The molecule has 0 aliphatic rings. The molecule has 0 aliphatic carbocycles. The number of carbonyl (C=O) groups is 1. The van der Waals surface area contributed by atoms with E-state index in [9.17, 15) is 4.79 Å². The molecule has 0 radical (unpaired) electrons. The molecule has 0 N–H and O–H groups in total. The van der Waals surface area contributed by atoms with Gasteiger partial charge >= 0.3 is 5.97 Å². The van der Waals surface area contributed by atoms with E-state index in [-0.39, 0.29) is 5.97 Å². The van der Waals surface area contributed by atoms with Crippen molar-refractivity contribution in [3.05, 3.63) is 59.7 Å². The van der Waals surface area contributed by atoms with Gasteiger partial charge in [-0.1, -0.05) is 18.2 Å². The lowest BCUT2D eigenvalue weighted by Crippen LogP contribution is -2.01. The molecule has 0 amide bonds. The molecule has 0 saturated heterocycles. The maximum absolute atomic E-state index is 11.5. The van der Waals surface area contributed by atoms with Crippen LogP contribution in [0.5, 0.6) is 5.75 Å². The predicted molar refractivity (Wildman–Crippen MR) is 80.3 cm³/mol. The molecule has 4 heteroatoms. The third kappa shape index (κ3) is 3.78. The molecule has 2 aromatic rings. The molecule has 104 valence electrons. The Morgan fingerprint density at radius 3 is 2.65 bits per heavy atom. The van der Waals surface area contributed by atoms with Crippen molar-refractivity contribution in [3.63, 3.8) is 0 Å². The lowest BCUT2D eigenvalue weighted by Gasteiger charge is -2.06. The summed E-state index contributed by atoms with van der Waals surface area (Å²) in [5.41, 5.74) is 1.66. The van der Waals surface area contributed by atoms with Crippen LogP contribution in [0.15, 0.2) is 53.4 Å². The fraction of sp³-hybridized carbons (Fsp3) is 0.188. The Balaban J connectivity index is 2.05. The van der Waals surface area contributed by atoms with Gasteiger partial charge in [0.1, 0.15) is 5.75 Å². The normalized spacial score (nSPS) is 10.1. The van der Waals surface area contributed by atoms with Gasteiger partial charge in [0, 0.05) is 10.6 Å². The fourth-order valence-electron chi connectivity index (χ4n) is 1.76. The van der Waals surface area contributed by atoms with Gasteiger partial charge in [0.15, 0.2) is 0 Å². The van der Waals surface area contributed by atoms with Crippen LogP contribution in [0.3, 0.4) is 0 Å². The molecule has 0 bridgehead atoms. The van der Waals surface area contributed by atoms with Crippen LogP contribution in [-0.2, 0) is 10.5 Å². The van der Waals surface area contributed by atoms with Crippen LogP contribution in [0.2, 0.25) is 0 Å². The highest BCUT2D eigenvalue weighted by Crippen LogP contribution is 2.26. The minimum absolute atomic E-state index is 0.307. The molecule has 0 aromatic heterocycles. The Morgan fingerprint density at radius 2 is 1.90 bits per heavy atom. The van der Waals surface area contributed by atoms with Crippen LogP contribution in [0.4, 0.5) is 0 Å². The van der Waals surface area contributed by atoms with E-state index in [2.05, 4.69) is 0 Å². The number of esters is 1. The van der Waals surface area contributed by atoms with Gasteiger partial charge in [-0.15, -0.1) is 11.8 Å². The van der Waals surface area contributed by atoms with Crippen molar-refractivity contribution in [1.82, 2.24) is 0 Å². The Hall–Kier alpha value is -1.94. The summed E-state index contributed by atoms with van der Waals surface area (Å²) in [7, 11) is 3.05. The van der Waals surface area contributed by atoms with Gasteiger partial charge in [-0.05, 0) is 35.9 Å². The Morgan fingerprint density at radius 1 is 1.10 bits per heavy atom. The fourth-order valence-corrected chi connectivity index (χ4v) is 2.65. The molecule has 0 saturated carbocycles. The van der Waals surface area contributed by atoms with Gasteiger partial charge in [0.25, 0.3) is 0 Å². The molecule has 0 fully saturated rings. The summed E-state index contributed by atoms with van der Waals surface area (Å²) in [4.78, 5) is 12.6. The highest BCUT2D eigenvalue weighted by Gasteiger charge is 2.06. The number of methoxy groups -OCH3 is 2. The monoisotopic (exact) mass is 288 g/mol. The lowest BCUT2D eigenvalue weighted by atomic mass is 10.1. The molecule has 20 heavy (non-hydrogen) atoms.